The SMILES string of the molecule is CCCCNC(=O)[C@H](C)N(Cc1ccc(Cl)c(Cl)c1)C(=O)CN(c1ccc(C)cc1)S(=O)(=O)c1ccc(OC)c(OC)c1. The monoisotopic (exact) mass is 649 g/mol. The van der Waals surface area contributed by atoms with Crippen molar-refractivity contribution in [3.05, 3.63) is 81.8 Å². The van der Waals surface area contributed by atoms with Crippen molar-refractivity contribution in [3.8, 4) is 11.5 Å². The number of unbranched alkanes of at least 4 members (excludes halogenated alkanes) is 1. The number of hydrogen-bond acceptors (Lipinski definition) is 6. The lowest BCUT2D eigenvalue weighted by Crippen LogP contribution is -2.51. The molecule has 0 radical (unpaired) electrons. The van der Waals surface area contributed by atoms with Crippen molar-refractivity contribution in [2.24, 2.45) is 0 Å². The molecule has 1 N–H and O–H groups in total. The van der Waals surface area contributed by atoms with Crippen LogP contribution in [0, 0.1) is 6.92 Å². The second-order valence-corrected chi connectivity index (χ2v) is 12.6. The first-order valence-corrected chi connectivity index (χ1v) is 15.9. The Morgan fingerprint density at radius 2 is 1.60 bits per heavy atom. The third-order valence-electron chi connectivity index (χ3n) is 6.88. The molecule has 0 unspecified atom stereocenters. The minimum absolute atomic E-state index is 0.00374. The van der Waals surface area contributed by atoms with Crippen molar-refractivity contribution >= 4 is 50.7 Å². The number of halogens is 2. The molecule has 0 heterocycles. The fourth-order valence-corrected chi connectivity index (χ4v) is 6.05. The molecule has 0 aromatic heterocycles. The van der Waals surface area contributed by atoms with Gasteiger partial charge >= 0.3 is 0 Å². The van der Waals surface area contributed by atoms with Crippen LogP contribution in [0.25, 0.3) is 0 Å². The predicted octanol–water partition coefficient (Wildman–Crippen LogP) is 5.85. The van der Waals surface area contributed by atoms with Crippen molar-refractivity contribution in [2.45, 2.75) is 51.1 Å². The van der Waals surface area contributed by atoms with Crippen LogP contribution in [-0.4, -0.2) is 58.5 Å². The molecule has 0 aliphatic carbocycles. The molecule has 43 heavy (non-hydrogen) atoms. The minimum atomic E-state index is -4.29. The van der Waals surface area contributed by atoms with Gasteiger partial charge in [0.05, 0.1) is 34.8 Å². The van der Waals surface area contributed by atoms with Gasteiger partial charge in [0.15, 0.2) is 11.5 Å². The molecule has 0 spiro atoms. The van der Waals surface area contributed by atoms with Gasteiger partial charge in [0.1, 0.15) is 12.6 Å². The summed E-state index contributed by atoms with van der Waals surface area (Å²) >= 11 is 12.3. The Balaban J connectivity index is 2.05. The minimum Gasteiger partial charge on any atom is -0.493 e. The first-order valence-electron chi connectivity index (χ1n) is 13.8. The molecule has 12 heteroatoms. The highest BCUT2D eigenvalue weighted by molar-refractivity contribution is 7.92. The number of nitrogens with zero attached hydrogens (tertiary/aromatic N) is 2. The van der Waals surface area contributed by atoms with Crippen LogP contribution in [0.2, 0.25) is 10.0 Å². The van der Waals surface area contributed by atoms with E-state index < -0.39 is 28.5 Å². The molecule has 0 aliphatic rings. The largest absolute Gasteiger partial charge is 0.493 e. The highest BCUT2D eigenvalue weighted by atomic mass is 35.5. The summed E-state index contributed by atoms with van der Waals surface area (Å²) in [7, 11) is -1.43. The number of amides is 2. The number of ether oxygens (including phenoxy) is 2. The van der Waals surface area contributed by atoms with Crippen molar-refractivity contribution in [1.29, 1.82) is 0 Å². The smallest absolute Gasteiger partial charge is 0.264 e. The van der Waals surface area contributed by atoms with Crippen LogP contribution in [0.5, 0.6) is 11.5 Å². The second kappa shape index (κ2) is 15.3. The maximum absolute atomic E-state index is 14.1. The zero-order chi connectivity index (χ0) is 31.7. The van der Waals surface area contributed by atoms with E-state index in [4.69, 9.17) is 32.7 Å². The van der Waals surface area contributed by atoms with Crippen molar-refractivity contribution in [1.82, 2.24) is 10.2 Å². The van der Waals surface area contributed by atoms with Crippen LogP contribution >= 0.6 is 23.2 Å². The molecule has 0 saturated carbocycles. The van der Waals surface area contributed by atoms with Gasteiger partial charge in [-0.1, -0.05) is 60.3 Å². The molecule has 0 saturated heterocycles. The Bertz CT molecular complexity index is 1530. The maximum atomic E-state index is 14.1. The zero-order valence-corrected chi connectivity index (χ0v) is 27.2. The first-order chi connectivity index (χ1) is 20.4. The number of carbonyl (C=O) groups is 2. The molecule has 232 valence electrons. The third kappa shape index (κ3) is 8.55. The van der Waals surface area contributed by atoms with Gasteiger partial charge in [0.2, 0.25) is 11.8 Å². The summed E-state index contributed by atoms with van der Waals surface area (Å²) in [6, 6.07) is 15.0. The highest BCUT2D eigenvalue weighted by Gasteiger charge is 2.33. The van der Waals surface area contributed by atoms with Gasteiger partial charge in [-0.25, -0.2) is 8.42 Å². The number of aryl methyl sites for hydroxylation is 1. The third-order valence-corrected chi connectivity index (χ3v) is 9.39. The van der Waals surface area contributed by atoms with Crippen molar-refractivity contribution in [3.63, 3.8) is 0 Å². The second-order valence-electron chi connectivity index (χ2n) is 9.95. The van der Waals surface area contributed by atoms with E-state index in [1.807, 2.05) is 13.8 Å². The van der Waals surface area contributed by atoms with E-state index in [9.17, 15) is 18.0 Å². The number of sulfonamides is 1. The molecule has 1 atom stereocenters. The molecule has 3 rings (SSSR count). The Hall–Kier alpha value is -3.47. The molecular weight excluding hydrogens is 613 g/mol. The summed E-state index contributed by atoms with van der Waals surface area (Å²) in [5, 5.41) is 3.50. The van der Waals surface area contributed by atoms with Gasteiger partial charge in [-0.15, -0.1) is 0 Å². The van der Waals surface area contributed by atoms with Gasteiger partial charge in [-0.3, -0.25) is 13.9 Å². The Morgan fingerprint density at radius 1 is 0.930 bits per heavy atom. The number of nitrogens with one attached hydrogen (secondary N) is 1. The summed E-state index contributed by atoms with van der Waals surface area (Å²) in [4.78, 5) is 28.4. The predicted molar refractivity (Wildman–Crippen MR) is 170 cm³/mol. The van der Waals surface area contributed by atoms with E-state index in [2.05, 4.69) is 5.32 Å². The number of anilines is 1. The molecular formula is C31H37Cl2N3O6S. The number of carbonyl (C=O) groups excluding carboxylic acids is 2. The summed E-state index contributed by atoms with van der Waals surface area (Å²) in [6.45, 7) is 5.37. The van der Waals surface area contributed by atoms with Gasteiger partial charge in [-0.2, -0.15) is 0 Å². The average Bonchev–Trinajstić information content (AvgIpc) is 3.00. The maximum Gasteiger partial charge on any atom is 0.264 e. The Morgan fingerprint density at radius 3 is 2.21 bits per heavy atom. The van der Waals surface area contributed by atoms with Crippen LogP contribution in [0.4, 0.5) is 5.69 Å². The molecule has 0 fully saturated rings. The summed E-state index contributed by atoms with van der Waals surface area (Å²) in [5.74, 6) is -0.368. The lowest BCUT2D eigenvalue weighted by atomic mass is 10.1. The van der Waals surface area contributed by atoms with Crippen LogP contribution in [0.3, 0.4) is 0 Å². The fraction of sp³-hybridized carbons (Fsp3) is 0.355. The van der Waals surface area contributed by atoms with E-state index in [0.29, 0.717) is 27.9 Å². The van der Waals surface area contributed by atoms with E-state index >= 15 is 0 Å². The molecule has 0 bridgehead atoms. The molecule has 3 aromatic carbocycles. The van der Waals surface area contributed by atoms with Gasteiger partial charge in [0.25, 0.3) is 10.0 Å². The van der Waals surface area contributed by atoms with E-state index in [1.54, 1.807) is 49.4 Å². The average molecular weight is 651 g/mol. The number of methoxy groups -OCH3 is 2. The highest BCUT2D eigenvalue weighted by Crippen LogP contribution is 2.32. The van der Waals surface area contributed by atoms with Crippen molar-refractivity contribution < 1.29 is 27.5 Å². The van der Waals surface area contributed by atoms with Crippen LogP contribution < -0.4 is 19.1 Å². The van der Waals surface area contributed by atoms with E-state index in [-0.39, 0.29) is 28.8 Å². The van der Waals surface area contributed by atoms with E-state index in [1.165, 1.54) is 37.3 Å². The summed E-state index contributed by atoms with van der Waals surface area (Å²) < 4.78 is 39.8. The molecule has 3 aromatic rings. The molecule has 2 amide bonds. The number of hydrogen-bond donors (Lipinski definition) is 1. The lowest BCUT2D eigenvalue weighted by Gasteiger charge is -2.32. The Kier molecular flexibility index (Phi) is 12.1. The van der Waals surface area contributed by atoms with E-state index in [0.717, 1.165) is 22.7 Å². The van der Waals surface area contributed by atoms with Gasteiger partial charge in [0, 0.05) is 19.2 Å². The van der Waals surface area contributed by atoms with Gasteiger partial charge < -0.3 is 19.7 Å². The van der Waals surface area contributed by atoms with Crippen molar-refractivity contribution in [2.75, 3.05) is 31.6 Å². The normalized spacial score (nSPS) is 11.9. The van der Waals surface area contributed by atoms with Crippen LogP contribution in [-0.2, 0) is 26.2 Å². The quantitative estimate of drug-likeness (QED) is 0.220. The molecule has 0 aliphatic heterocycles. The summed E-state index contributed by atoms with van der Waals surface area (Å²) in [5.41, 5.74) is 1.82. The lowest BCUT2D eigenvalue weighted by molar-refractivity contribution is -0.139. The number of rotatable bonds is 14. The number of benzene rings is 3. The van der Waals surface area contributed by atoms with Crippen LogP contribution in [0.1, 0.15) is 37.8 Å². The van der Waals surface area contributed by atoms with Gasteiger partial charge in [-0.05, 0) is 62.2 Å². The molecule has 9 nitrogen and oxygen atoms in total. The first kappa shape index (κ1) is 34.0. The standard InChI is InChI=1S/C31H37Cl2N3O6S/c1-6-7-16-34-31(38)22(3)35(19-23-10-14-26(32)27(33)17-23)30(37)20-36(24-11-8-21(2)9-12-24)43(39,40)25-13-15-28(41-4)29(18-25)42-5/h8-15,17-18,22H,6-7,16,19-20H2,1-5H3,(H,34,38)/t22-/m0/s1. The summed E-state index contributed by atoms with van der Waals surface area (Å²) in [6.07, 6.45) is 1.67. The topological polar surface area (TPSA) is 105 Å². The fourth-order valence-electron chi connectivity index (χ4n) is 4.30. The Labute approximate surface area is 263 Å². The van der Waals surface area contributed by atoms with Crippen LogP contribution in [0.15, 0.2) is 65.6 Å². The zero-order valence-electron chi connectivity index (χ0n) is 24.9.